The molecule has 4 amide bonds. The van der Waals surface area contributed by atoms with Crippen LogP contribution in [-0.2, 0) is 22.6 Å². The fraction of sp³-hybridized carbons (Fsp3) is 0.273. The second kappa shape index (κ2) is 9.04. The molecule has 0 spiro atoms. The Balaban J connectivity index is 1.23. The van der Waals surface area contributed by atoms with Gasteiger partial charge in [-0.1, -0.05) is 24.3 Å². The Bertz CT molecular complexity index is 1050. The molecule has 30 heavy (non-hydrogen) atoms. The first kappa shape index (κ1) is 20.0. The lowest BCUT2D eigenvalue weighted by Crippen LogP contribution is -2.30. The topological polar surface area (TPSA) is 91.4 Å². The van der Waals surface area contributed by atoms with Gasteiger partial charge in [0.1, 0.15) is 0 Å². The number of para-hydroxylation sites is 1. The minimum Gasteiger partial charge on any atom is -0.329 e. The number of nitrogens with zero attached hydrogens (tertiary/aromatic N) is 2. The van der Waals surface area contributed by atoms with Gasteiger partial charge < -0.3 is 10.6 Å². The van der Waals surface area contributed by atoms with Crippen molar-refractivity contribution in [2.75, 3.05) is 11.9 Å². The Hall–Kier alpha value is -3.26. The van der Waals surface area contributed by atoms with E-state index in [1.165, 1.54) is 9.60 Å². The fourth-order valence-electron chi connectivity index (χ4n) is 3.36. The molecule has 0 saturated carbocycles. The molecule has 4 rings (SSSR count). The summed E-state index contributed by atoms with van der Waals surface area (Å²) in [7, 11) is 0. The van der Waals surface area contributed by atoms with Crippen molar-refractivity contribution in [3.63, 3.8) is 0 Å². The quantitative estimate of drug-likeness (QED) is 0.428. The second-order valence-electron chi connectivity index (χ2n) is 7.17. The highest BCUT2D eigenvalue weighted by Gasteiger charge is 2.28. The molecule has 1 aliphatic rings. The van der Waals surface area contributed by atoms with Crippen LogP contribution in [0.4, 0.5) is 10.5 Å². The first-order valence-electron chi connectivity index (χ1n) is 9.90. The Labute approximate surface area is 178 Å². The van der Waals surface area contributed by atoms with Crippen LogP contribution in [0.1, 0.15) is 29.8 Å². The summed E-state index contributed by atoms with van der Waals surface area (Å²) in [6.07, 6.45) is 2.99. The van der Waals surface area contributed by atoms with Crippen LogP contribution in [0.15, 0.2) is 48.5 Å². The number of amides is 4. The molecule has 1 aliphatic heterocycles. The van der Waals surface area contributed by atoms with Crippen molar-refractivity contribution in [1.29, 1.82) is 0 Å². The Morgan fingerprint density at radius 2 is 2.00 bits per heavy atom. The fourth-order valence-corrected chi connectivity index (χ4v) is 4.37. The molecule has 2 aromatic carbocycles. The number of urea groups is 1. The van der Waals surface area contributed by atoms with Crippen LogP contribution in [0.3, 0.4) is 0 Å². The van der Waals surface area contributed by atoms with E-state index < -0.39 is 0 Å². The Kier molecular flexibility index (Phi) is 6.04. The van der Waals surface area contributed by atoms with Crippen molar-refractivity contribution >= 4 is 45.1 Å². The molecule has 0 unspecified atom stereocenters. The van der Waals surface area contributed by atoms with E-state index in [1.807, 2.05) is 24.3 Å². The molecule has 1 aromatic heterocycles. The maximum Gasteiger partial charge on any atom is 0.324 e. The molecule has 3 aromatic rings. The van der Waals surface area contributed by atoms with E-state index in [0.29, 0.717) is 12.1 Å². The molecule has 2 heterocycles. The summed E-state index contributed by atoms with van der Waals surface area (Å²) in [6, 6.07) is 14.9. The van der Waals surface area contributed by atoms with Gasteiger partial charge in [0.2, 0.25) is 11.8 Å². The summed E-state index contributed by atoms with van der Waals surface area (Å²) in [6.45, 7) is 0.225. The number of anilines is 1. The van der Waals surface area contributed by atoms with E-state index in [0.717, 1.165) is 35.4 Å². The third kappa shape index (κ3) is 4.83. The first-order valence-corrected chi connectivity index (χ1v) is 10.7. The number of fused-ring (bicyclic) bond motifs is 1. The number of unbranched alkanes of at least 4 members (excludes halogenated alkanes) is 1. The molecular weight excluding hydrogens is 400 g/mol. The van der Waals surface area contributed by atoms with Crippen LogP contribution in [-0.4, -0.2) is 34.3 Å². The largest absolute Gasteiger partial charge is 0.329 e. The van der Waals surface area contributed by atoms with Gasteiger partial charge >= 0.3 is 6.03 Å². The van der Waals surface area contributed by atoms with Gasteiger partial charge in [0.15, 0.2) is 0 Å². The predicted octanol–water partition coefficient (Wildman–Crippen LogP) is 3.70. The molecule has 0 aliphatic carbocycles. The summed E-state index contributed by atoms with van der Waals surface area (Å²) in [5.41, 5.74) is 2.48. The number of imide groups is 1. The highest BCUT2D eigenvalue weighted by atomic mass is 32.1. The molecule has 7 nitrogen and oxygen atoms in total. The average Bonchev–Trinajstić information content (AvgIpc) is 3.29. The first-order chi connectivity index (χ1) is 14.6. The summed E-state index contributed by atoms with van der Waals surface area (Å²) >= 11 is 1.71. The van der Waals surface area contributed by atoms with Gasteiger partial charge in [0, 0.05) is 12.1 Å². The van der Waals surface area contributed by atoms with E-state index >= 15 is 0 Å². The Morgan fingerprint density at radius 3 is 2.80 bits per heavy atom. The highest BCUT2D eigenvalue weighted by molar-refractivity contribution is 7.18. The van der Waals surface area contributed by atoms with Crippen molar-refractivity contribution in [3.05, 3.63) is 59.1 Å². The number of carbonyl (C=O) groups is 3. The van der Waals surface area contributed by atoms with Crippen molar-refractivity contribution in [2.24, 2.45) is 0 Å². The number of aromatic nitrogens is 1. The van der Waals surface area contributed by atoms with Gasteiger partial charge in [0.05, 0.1) is 28.3 Å². The lowest BCUT2D eigenvalue weighted by atomic mass is 10.1. The van der Waals surface area contributed by atoms with Crippen molar-refractivity contribution in [2.45, 2.75) is 32.2 Å². The standard InChI is InChI=1S/C22H22N4O3S/c27-19(10-3-4-11-20-25-17-8-1-2-9-18(17)30-20)24-16-7-5-6-15(12-16)14-26-21(28)13-23-22(26)29/h1-2,5-9,12H,3-4,10-11,13-14H2,(H,23,29)(H,24,27). The van der Waals surface area contributed by atoms with Gasteiger partial charge in [-0.05, 0) is 49.1 Å². The zero-order valence-electron chi connectivity index (χ0n) is 16.4. The van der Waals surface area contributed by atoms with Crippen LogP contribution in [0.5, 0.6) is 0 Å². The van der Waals surface area contributed by atoms with Gasteiger partial charge in [-0.15, -0.1) is 11.3 Å². The van der Waals surface area contributed by atoms with Crippen LogP contribution < -0.4 is 10.6 Å². The predicted molar refractivity (Wildman–Crippen MR) is 116 cm³/mol. The number of rotatable bonds is 8. The average molecular weight is 423 g/mol. The van der Waals surface area contributed by atoms with Gasteiger partial charge in [-0.25, -0.2) is 9.78 Å². The molecule has 1 fully saturated rings. The summed E-state index contributed by atoms with van der Waals surface area (Å²) in [5.74, 6) is -0.297. The van der Waals surface area contributed by atoms with Crippen LogP contribution in [0.2, 0.25) is 0 Å². The van der Waals surface area contributed by atoms with E-state index in [2.05, 4.69) is 21.7 Å². The minimum absolute atomic E-state index is 0.0340. The third-order valence-electron chi connectivity index (χ3n) is 4.87. The maximum absolute atomic E-state index is 12.3. The molecule has 0 atom stereocenters. The summed E-state index contributed by atoms with van der Waals surface area (Å²) < 4.78 is 1.19. The van der Waals surface area contributed by atoms with E-state index in [9.17, 15) is 14.4 Å². The molecule has 8 heteroatoms. The zero-order chi connectivity index (χ0) is 20.9. The Morgan fingerprint density at radius 1 is 1.13 bits per heavy atom. The number of hydrogen-bond donors (Lipinski definition) is 2. The molecule has 0 radical (unpaired) electrons. The number of carbonyl (C=O) groups excluding carboxylic acids is 3. The van der Waals surface area contributed by atoms with E-state index in [4.69, 9.17) is 0 Å². The minimum atomic E-state index is -0.387. The number of benzene rings is 2. The van der Waals surface area contributed by atoms with E-state index in [-0.39, 0.29) is 30.9 Å². The zero-order valence-corrected chi connectivity index (χ0v) is 17.2. The van der Waals surface area contributed by atoms with Crippen LogP contribution in [0, 0.1) is 0 Å². The molecule has 1 saturated heterocycles. The third-order valence-corrected chi connectivity index (χ3v) is 5.97. The van der Waals surface area contributed by atoms with Crippen molar-refractivity contribution in [3.8, 4) is 0 Å². The van der Waals surface area contributed by atoms with Crippen molar-refractivity contribution in [1.82, 2.24) is 15.2 Å². The molecule has 0 bridgehead atoms. The summed E-state index contributed by atoms with van der Waals surface area (Å²) in [5, 5.41) is 6.49. The monoisotopic (exact) mass is 422 g/mol. The maximum atomic E-state index is 12.3. The van der Waals surface area contributed by atoms with Crippen molar-refractivity contribution < 1.29 is 14.4 Å². The number of aryl methyl sites for hydroxylation is 1. The lowest BCUT2D eigenvalue weighted by Gasteiger charge is -2.13. The number of hydrogen-bond acceptors (Lipinski definition) is 5. The summed E-state index contributed by atoms with van der Waals surface area (Å²) in [4.78, 5) is 41.5. The van der Waals surface area contributed by atoms with E-state index in [1.54, 1.807) is 29.5 Å². The smallest absolute Gasteiger partial charge is 0.324 e. The van der Waals surface area contributed by atoms with Gasteiger partial charge in [-0.2, -0.15) is 0 Å². The normalized spacial score (nSPS) is 13.7. The number of nitrogens with one attached hydrogen (secondary N) is 2. The van der Waals surface area contributed by atoms with Crippen LogP contribution in [0.25, 0.3) is 10.2 Å². The van der Waals surface area contributed by atoms with Gasteiger partial charge in [0.25, 0.3) is 0 Å². The second-order valence-corrected chi connectivity index (χ2v) is 8.28. The SMILES string of the molecule is O=C(CCCCc1nc2ccccc2s1)Nc1cccc(CN2C(=O)CNC2=O)c1. The molecular formula is C22H22N4O3S. The lowest BCUT2D eigenvalue weighted by molar-refractivity contribution is -0.125. The molecule has 154 valence electrons. The van der Waals surface area contributed by atoms with Gasteiger partial charge in [-0.3, -0.25) is 14.5 Å². The van der Waals surface area contributed by atoms with Crippen LogP contribution >= 0.6 is 11.3 Å². The highest BCUT2D eigenvalue weighted by Crippen LogP contribution is 2.23. The number of thiazole rings is 1. The molecule has 2 N–H and O–H groups in total.